The molecule has 1 aliphatic rings. The second-order valence-electron chi connectivity index (χ2n) is 5.88. The van der Waals surface area contributed by atoms with Gasteiger partial charge in [-0.2, -0.15) is 0 Å². The maximum absolute atomic E-state index is 5.49. The number of piperidine rings is 1. The van der Waals surface area contributed by atoms with Crippen molar-refractivity contribution in [3.05, 3.63) is 0 Å². The number of nitrogens with zero attached hydrogens (tertiary/aromatic N) is 1. The lowest BCUT2D eigenvalue weighted by atomic mass is 9.84. The minimum absolute atomic E-state index is 0.398. The molecule has 3 atom stereocenters. The minimum atomic E-state index is 0.398. The largest absolute Gasteiger partial charge is 0.381 e. The lowest BCUT2D eigenvalue weighted by molar-refractivity contribution is -0.0135. The zero-order valence-electron chi connectivity index (χ0n) is 11.9. The third-order valence-electron chi connectivity index (χ3n) is 4.17. The Morgan fingerprint density at radius 3 is 2.12 bits per heavy atom. The molecule has 0 bridgehead atoms. The van der Waals surface area contributed by atoms with E-state index in [1.165, 1.54) is 19.4 Å². The van der Waals surface area contributed by atoms with Crippen LogP contribution in [0.2, 0.25) is 0 Å². The van der Waals surface area contributed by atoms with E-state index in [0.717, 1.165) is 12.0 Å². The first-order chi connectivity index (χ1) is 7.47. The van der Waals surface area contributed by atoms with Crippen molar-refractivity contribution in [2.75, 3.05) is 13.7 Å². The van der Waals surface area contributed by atoms with Gasteiger partial charge in [-0.25, -0.2) is 0 Å². The van der Waals surface area contributed by atoms with Crippen LogP contribution in [0.15, 0.2) is 0 Å². The SMILES string of the molecule is COC(C)C1CCC(C(C)C)N(C(C)C)C1. The second-order valence-corrected chi connectivity index (χ2v) is 5.88. The summed E-state index contributed by atoms with van der Waals surface area (Å²) in [5.41, 5.74) is 0. The Labute approximate surface area is 101 Å². The summed E-state index contributed by atoms with van der Waals surface area (Å²) < 4.78 is 5.49. The van der Waals surface area contributed by atoms with E-state index in [1.807, 2.05) is 7.11 Å². The third-order valence-corrected chi connectivity index (χ3v) is 4.17. The Hall–Kier alpha value is -0.0800. The van der Waals surface area contributed by atoms with E-state index in [0.29, 0.717) is 18.1 Å². The van der Waals surface area contributed by atoms with E-state index < -0.39 is 0 Å². The molecule has 1 saturated heterocycles. The predicted molar refractivity (Wildman–Crippen MR) is 69.7 cm³/mol. The van der Waals surface area contributed by atoms with Crippen LogP contribution < -0.4 is 0 Å². The Balaban J connectivity index is 2.65. The molecular weight excluding hydrogens is 198 g/mol. The fourth-order valence-electron chi connectivity index (χ4n) is 2.93. The Morgan fingerprint density at radius 1 is 1.06 bits per heavy atom. The third kappa shape index (κ3) is 3.21. The van der Waals surface area contributed by atoms with E-state index in [2.05, 4.69) is 39.5 Å². The summed E-state index contributed by atoms with van der Waals surface area (Å²) in [5.74, 6) is 1.48. The van der Waals surface area contributed by atoms with Crippen LogP contribution in [-0.4, -0.2) is 36.7 Å². The lowest BCUT2D eigenvalue weighted by Crippen LogP contribution is -2.51. The fraction of sp³-hybridized carbons (Fsp3) is 1.00. The first-order valence-corrected chi connectivity index (χ1v) is 6.75. The highest BCUT2D eigenvalue weighted by Gasteiger charge is 2.33. The Morgan fingerprint density at radius 2 is 1.69 bits per heavy atom. The van der Waals surface area contributed by atoms with Gasteiger partial charge in [0, 0.05) is 25.7 Å². The Kier molecular flexibility index (Phi) is 5.26. The van der Waals surface area contributed by atoms with Crippen LogP contribution in [0.25, 0.3) is 0 Å². The molecule has 1 heterocycles. The molecule has 0 aliphatic carbocycles. The van der Waals surface area contributed by atoms with Crippen molar-refractivity contribution in [1.82, 2.24) is 4.90 Å². The smallest absolute Gasteiger partial charge is 0.0583 e. The van der Waals surface area contributed by atoms with E-state index in [-0.39, 0.29) is 0 Å². The monoisotopic (exact) mass is 227 g/mol. The molecule has 96 valence electrons. The van der Waals surface area contributed by atoms with Crippen LogP contribution >= 0.6 is 0 Å². The molecule has 2 heteroatoms. The molecule has 0 amide bonds. The van der Waals surface area contributed by atoms with Crippen molar-refractivity contribution in [3.63, 3.8) is 0 Å². The number of methoxy groups -OCH3 is 1. The van der Waals surface area contributed by atoms with Crippen LogP contribution in [-0.2, 0) is 4.74 Å². The van der Waals surface area contributed by atoms with Crippen molar-refractivity contribution in [3.8, 4) is 0 Å². The summed E-state index contributed by atoms with van der Waals surface area (Å²) in [6.07, 6.45) is 3.05. The maximum atomic E-state index is 5.49. The summed E-state index contributed by atoms with van der Waals surface area (Å²) in [5, 5.41) is 0. The summed E-state index contributed by atoms with van der Waals surface area (Å²) in [7, 11) is 1.83. The van der Waals surface area contributed by atoms with Gasteiger partial charge >= 0.3 is 0 Å². The molecule has 1 aliphatic heterocycles. The molecule has 0 saturated carbocycles. The summed E-state index contributed by atoms with van der Waals surface area (Å²) in [4.78, 5) is 2.67. The van der Waals surface area contributed by atoms with Gasteiger partial charge in [0.2, 0.25) is 0 Å². The highest BCUT2D eigenvalue weighted by atomic mass is 16.5. The molecule has 0 aromatic rings. The van der Waals surface area contributed by atoms with Crippen LogP contribution in [0.4, 0.5) is 0 Å². The van der Waals surface area contributed by atoms with Gasteiger partial charge in [0.05, 0.1) is 6.10 Å². The summed E-state index contributed by atoms with van der Waals surface area (Å²) in [6, 6.07) is 1.42. The highest BCUT2D eigenvalue weighted by molar-refractivity contribution is 4.87. The average molecular weight is 227 g/mol. The summed E-state index contributed by atoms with van der Waals surface area (Å²) >= 11 is 0. The van der Waals surface area contributed by atoms with Gasteiger partial charge in [0.25, 0.3) is 0 Å². The number of likely N-dealkylation sites (tertiary alicyclic amines) is 1. The van der Waals surface area contributed by atoms with Crippen molar-refractivity contribution in [2.24, 2.45) is 11.8 Å². The van der Waals surface area contributed by atoms with Gasteiger partial charge in [-0.3, -0.25) is 4.90 Å². The lowest BCUT2D eigenvalue weighted by Gasteiger charge is -2.45. The molecule has 0 radical (unpaired) electrons. The standard InChI is InChI=1S/C14H29NO/c1-10(2)14-8-7-13(12(5)16-6)9-15(14)11(3)4/h10-14H,7-9H2,1-6H3. The molecule has 0 spiro atoms. The first-order valence-electron chi connectivity index (χ1n) is 6.75. The molecule has 1 rings (SSSR count). The van der Waals surface area contributed by atoms with Gasteiger partial charge in [-0.15, -0.1) is 0 Å². The molecule has 16 heavy (non-hydrogen) atoms. The first kappa shape index (κ1) is 14.0. The van der Waals surface area contributed by atoms with Crippen molar-refractivity contribution in [1.29, 1.82) is 0 Å². The van der Waals surface area contributed by atoms with Gasteiger partial charge in [-0.05, 0) is 45.4 Å². The number of hydrogen-bond donors (Lipinski definition) is 0. The van der Waals surface area contributed by atoms with Gasteiger partial charge in [0.15, 0.2) is 0 Å². The van der Waals surface area contributed by atoms with E-state index in [1.54, 1.807) is 0 Å². The van der Waals surface area contributed by atoms with Gasteiger partial charge in [0.1, 0.15) is 0 Å². The number of ether oxygens (including phenoxy) is 1. The van der Waals surface area contributed by atoms with Gasteiger partial charge < -0.3 is 4.74 Å². The predicted octanol–water partition coefficient (Wildman–Crippen LogP) is 3.17. The molecular formula is C14H29NO. The number of rotatable bonds is 4. The molecule has 3 unspecified atom stereocenters. The summed E-state index contributed by atoms with van der Waals surface area (Å²) in [6.45, 7) is 12.7. The molecule has 0 N–H and O–H groups in total. The zero-order valence-corrected chi connectivity index (χ0v) is 11.9. The zero-order chi connectivity index (χ0) is 12.3. The Bertz CT molecular complexity index is 203. The molecule has 2 nitrogen and oxygen atoms in total. The second kappa shape index (κ2) is 6.02. The van der Waals surface area contributed by atoms with Crippen molar-refractivity contribution >= 4 is 0 Å². The molecule has 0 aromatic heterocycles. The average Bonchev–Trinajstić information content (AvgIpc) is 2.26. The molecule has 1 fully saturated rings. The highest BCUT2D eigenvalue weighted by Crippen LogP contribution is 2.30. The maximum Gasteiger partial charge on any atom is 0.0583 e. The fourth-order valence-corrected chi connectivity index (χ4v) is 2.93. The number of hydrogen-bond acceptors (Lipinski definition) is 2. The minimum Gasteiger partial charge on any atom is -0.381 e. The van der Waals surface area contributed by atoms with Crippen molar-refractivity contribution in [2.45, 2.75) is 65.6 Å². The van der Waals surface area contributed by atoms with Crippen LogP contribution in [0.5, 0.6) is 0 Å². The molecule has 0 aromatic carbocycles. The van der Waals surface area contributed by atoms with Gasteiger partial charge in [-0.1, -0.05) is 13.8 Å². The quantitative estimate of drug-likeness (QED) is 0.731. The van der Waals surface area contributed by atoms with Crippen LogP contribution in [0.1, 0.15) is 47.5 Å². The van der Waals surface area contributed by atoms with Crippen molar-refractivity contribution < 1.29 is 4.74 Å². The van der Waals surface area contributed by atoms with E-state index in [4.69, 9.17) is 4.74 Å². The van der Waals surface area contributed by atoms with E-state index in [9.17, 15) is 0 Å². The normalized spacial score (nSPS) is 30.0. The van der Waals surface area contributed by atoms with E-state index >= 15 is 0 Å². The topological polar surface area (TPSA) is 12.5 Å². The van der Waals surface area contributed by atoms with Crippen LogP contribution in [0, 0.1) is 11.8 Å². The van der Waals surface area contributed by atoms with Crippen LogP contribution in [0.3, 0.4) is 0 Å².